The fourth-order valence-electron chi connectivity index (χ4n) is 1.70. The summed E-state index contributed by atoms with van der Waals surface area (Å²) in [5.74, 6) is 1.02. The molecular weight excluding hydrogens is 302 g/mol. The van der Waals surface area contributed by atoms with Crippen LogP contribution in [0.4, 0.5) is 0 Å². The molecule has 0 unspecified atom stereocenters. The lowest BCUT2D eigenvalue weighted by Crippen LogP contribution is -2.33. The molecule has 1 heterocycles. The first kappa shape index (κ1) is 16.3. The lowest BCUT2D eigenvalue weighted by atomic mass is 10.3. The van der Waals surface area contributed by atoms with E-state index < -0.39 is 0 Å². The summed E-state index contributed by atoms with van der Waals surface area (Å²) in [7, 11) is 1.61. The molecule has 0 aliphatic carbocycles. The van der Waals surface area contributed by atoms with Crippen LogP contribution in [-0.2, 0) is 4.79 Å². The van der Waals surface area contributed by atoms with Gasteiger partial charge in [-0.2, -0.15) is 4.68 Å². The number of aromatic nitrogens is 4. The van der Waals surface area contributed by atoms with Crippen LogP contribution in [0, 0.1) is 0 Å². The summed E-state index contributed by atoms with van der Waals surface area (Å²) in [6.45, 7) is 4.01. The number of methoxy groups -OCH3 is 1. The average Bonchev–Trinajstić information content (AvgIpc) is 3.01. The van der Waals surface area contributed by atoms with Gasteiger partial charge in [-0.05, 0) is 48.0 Å². The smallest absolute Gasteiger partial charge is 0.230 e. The van der Waals surface area contributed by atoms with E-state index >= 15 is 0 Å². The number of nitrogens with one attached hydrogen (secondary N) is 1. The average molecular weight is 321 g/mol. The fourth-order valence-corrected chi connectivity index (χ4v) is 2.41. The molecule has 0 aliphatic heterocycles. The minimum atomic E-state index is -0.0244. The summed E-state index contributed by atoms with van der Waals surface area (Å²) < 4.78 is 6.72. The van der Waals surface area contributed by atoms with E-state index in [4.69, 9.17) is 4.74 Å². The molecule has 0 aliphatic rings. The van der Waals surface area contributed by atoms with Crippen molar-refractivity contribution in [3.8, 4) is 11.4 Å². The number of thioether (sulfide) groups is 1. The maximum Gasteiger partial charge on any atom is 0.230 e. The summed E-state index contributed by atoms with van der Waals surface area (Å²) >= 11 is 1.30. The van der Waals surface area contributed by atoms with E-state index in [1.54, 1.807) is 11.8 Å². The molecule has 0 fully saturated rings. The topological polar surface area (TPSA) is 81.9 Å². The molecule has 22 heavy (non-hydrogen) atoms. The Balaban J connectivity index is 2.01. The molecule has 2 rings (SSSR count). The van der Waals surface area contributed by atoms with E-state index in [-0.39, 0.29) is 17.7 Å². The summed E-state index contributed by atoms with van der Waals surface area (Å²) in [6.07, 6.45) is 0.903. The van der Waals surface area contributed by atoms with Crippen LogP contribution in [-0.4, -0.2) is 45.0 Å². The number of ether oxygens (including phenoxy) is 1. The molecule has 8 heteroatoms. The van der Waals surface area contributed by atoms with Gasteiger partial charge in [0.25, 0.3) is 0 Å². The van der Waals surface area contributed by atoms with Gasteiger partial charge >= 0.3 is 0 Å². The predicted molar refractivity (Wildman–Crippen MR) is 84.3 cm³/mol. The van der Waals surface area contributed by atoms with E-state index in [1.807, 2.05) is 38.1 Å². The molecule has 118 valence electrons. The van der Waals surface area contributed by atoms with Crippen molar-refractivity contribution >= 4 is 17.7 Å². The summed E-state index contributed by atoms with van der Waals surface area (Å²) in [4.78, 5) is 11.8. The monoisotopic (exact) mass is 321 g/mol. The second-order valence-electron chi connectivity index (χ2n) is 4.74. The van der Waals surface area contributed by atoms with Crippen molar-refractivity contribution in [2.75, 3.05) is 12.9 Å². The highest BCUT2D eigenvalue weighted by atomic mass is 32.2. The molecule has 1 amide bonds. The first-order chi connectivity index (χ1) is 10.6. The van der Waals surface area contributed by atoms with Gasteiger partial charge in [-0.3, -0.25) is 4.79 Å². The molecular formula is C14H19N5O2S. The van der Waals surface area contributed by atoms with Crippen LogP contribution in [0.15, 0.2) is 29.4 Å². The Labute approximate surface area is 133 Å². The third kappa shape index (κ3) is 4.20. The van der Waals surface area contributed by atoms with Crippen LogP contribution < -0.4 is 10.1 Å². The number of carbonyl (C=O) groups excluding carboxylic acids is 1. The highest BCUT2D eigenvalue weighted by Crippen LogP contribution is 2.20. The summed E-state index contributed by atoms with van der Waals surface area (Å²) in [5.41, 5.74) is 0.815. The van der Waals surface area contributed by atoms with Crippen molar-refractivity contribution in [1.29, 1.82) is 0 Å². The number of rotatable bonds is 7. The van der Waals surface area contributed by atoms with Gasteiger partial charge in [0.15, 0.2) is 0 Å². The minimum absolute atomic E-state index is 0.0244. The van der Waals surface area contributed by atoms with Crippen molar-refractivity contribution in [2.45, 2.75) is 31.5 Å². The number of hydrogen-bond donors (Lipinski definition) is 1. The van der Waals surface area contributed by atoms with E-state index in [0.29, 0.717) is 5.16 Å². The molecule has 0 spiro atoms. The highest BCUT2D eigenvalue weighted by molar-refractivity contribution is 7.99. The summed E-state index contributed by atoms with van der Waals surface area (Å²) in [5, 5.41) is 15.1. The second kappa shape index (κ2) is 7.79. The van der Waals surface area contributed by atoms with Crippen molar-refractivity contribution in [1.82, 2.24) is 25.5 Å². The third-order valence-electron chi connectivity index (χ3n) is 3.11. The molecule has 7 nitrogen and oxygen atoms in total. The van der Waals surface area contributed by atoms with E-state index in [2.05, 4.69) is 20.8 Å². The Morgan fingerprint density at radius 2 is 2.14 bits per heavy atom. The van der Waals surface area contributed by atoms with E-state index in [0.717, 1.165) is 17.9 Å². The maximum atomic E-state index is 11.8. The first-order valence-corrected chi connectivity index (χ1v) is 7.97. The predicted octanol–water partition coefficient (Wildman–Crippen LogP) is 1.68. The number of carbonyl (C=O) groups is 1. The highest BCUT2D eigenvalue weighted by Gasteiger charge is 2.12. The number of amides is 1. The Morgan fingerprint density at radius 3 is 2.77 bits per heavy atom. The van der Waals surface area contributed by atoms with Gasteiger partial charge in [0.1, 0.15) is 5.75 Å². The number of hydrogen-bond acceptors (Lipinski definition) is 6. The van der Waals surface area contributed by atoms with E-state index in [1.165, 1.54) is 11.8 Å². The number of nitrogens with zero attached hydrogens (tertiary/aromatic N) is 4. The van der Waals surface area contributed by atoms with Crippen LogP contribution >= 0.6 is 11.8 Å². The lowest BCUT2D eigenvalue weighted by molar-refractivity contribution is -0.119. The molecule has 1 aromatic heterocycles. The Kier molecular flexibility index (Phi) is 5.76. The van der Waals surface area contributed by atoms with Gasteiger partial charge in [0.2, 0.25) is 11.1 Å². The molecule has 0 saturated heterocycles. The van der Waals surface area contributed by atoms with Crippen molar-refractivity contribution in [2.24, 2.45) is 0 Å². The zero-order chi connectivity index (χ0) is 15.9. The lowest BCUT2D eigenvalue weighted by Gasteiger charge is -2.10. The first-order valence-electron chi connectivity index (χ1n) is 6.99. The Morgan fingerprint density at radius 1 is 1.41 bits per heavy atom. The normalized spacial score (nSPS) is 12.0. The third-order valence-corrected chi connectivity index (χ3v) is 4.03. The van der Waals surface area contributed by atoms with E-state index in [9.17, 15) is 4.79 Å². The molecule has 2 aromatic rings. The van der Waals surface area contributed by atoms with Gasteiger partial charge in [0.05, 0.1) is 18.6 Å². The number of benzene rings is 1. The van der Waals surface area contributed by atoms with Crippen molar-refractivity contribution in [3.05, 3.63) is 24.3 Å². The second-order valence-corrected chi connectivity index (χ2v) is 5.68. The summed E-state index contributed by atoms with van der Waals surface area (Å²) in [6, 6.07) is 7.56. The van der Waals surface area contributed by atoms with Crippen LogP contribution in [0.25, 0.3) is 5.69 Å². The fraction of sp³-hybridized carbons (Fsp3) is 0.429. The SMILES string of the molecule is CC[C@H](C)NC(=O)CSc1nnnn1-c1ccc(OC)cc1. The van der Waals surface area contributed by atoms with Crippen molar-refractivity contribution < 1.29 is 9.53 Å². The zero-order valence-electron chi connectivity index (χ0n) is 12.8. The van der Waals surface area contributed by atoms with Crippen LogP contribution in [0.5, 0.6) is 5.75 Å². The zero-order valence-corrected chi connectivity index (χ0v) is 13.6. The minimum Gasteiger partial charge on any atom is -0.497 e. The van der Waals surface area contributed by atoms with Crippen molar-refractivity contribution in [3.63, 3.8) is 0 Å². The molecule has 1 aromatic carbocycles. The number of tetrazole rings is 1. The van der Waals surface area contributed by atoms with Gasteiger partial charge in [0, 0.05) is 6.04 Å². The maximum absolute atomic E-state index is 11.8. The quantitative estimate of drug-likeness (QED) is 0.781. The molecule has 0 bridgehead atoms. The van der Waals surface area contributed by atoms with Gasteiger partial charge < -0.3 is 10.1 Å². The standard InChI is InChI=1S/C14H19N5O2S/c1-4-10(2)15-13(20)9-22-14-16-17-18-19(14)11-5-7-12(21-3)8-6-11/h5-8,10H,4,9H2,1-3H3,(H,15,20)/t10-/m0/s1. The Hall–Kier alpha value is -2.09. The molecule has 0 radical (unpaired) electrons. The molecule has 1 atom stereocenters. The van der Waals surface area contributed by atoms with Gasteiger partial charge in [-0.1, -0.05) is 18.7 Å². The Bertz CT molecular complexity index is 614. The van der Waals surface area contributed by atoms with Gasteiger partial charge in [-0.25, -0.2) is 0 Å². The molecule has 0 saturated carbocycles. The van der Waals surface area contributed by atoms with Crippen LogP contribution in [0.1, 0.15) is 20.3 Å². The van der Waals surface area contributed by atoms with Crippen LogP contribution in [0.2, 0.25) is 0 Å². The van der Waals surface area contributed by atoms with Crippen LogP contribution in [0.3, 0.4) is 0 Å². The largest absolute Gasteiger partial charge is 0.497 e. The molecule has 1 N–H and O–H groups in total. The van der Waals surface area contributed by atoms with Gasteiger partial charge in [-0.15, -0.1) is 5.10 Å².